The summed E-state index contributed by atoms with van der Waals surface area (Å²) in [6, 6.07) is 17.1. The second-order valence-electron chi connectivity index (χ2n) is 6.74. The largest absolute Gasteiger partial charge is 0.186 e. The quantitative estimate of drug-likeness (QED) is 0.483. The summed E-state index contributed by atoms with van der Waals surface area (Å²) in [6.45, 7) is 11.1. The normalized spacial score (nSPS) is 18.0. The molecule has 2 rings (SSSR count). The lowest BCUT2D eigenvalue weighted by molar-refractivity contribution is 0.979. The van der Waals surface area contributed by atoms with Crippen LogP contribution in [0.25, 0.3) is 0 Å². The van der Waals surface area contributed by atoms with E-state index in [0.29, 0.717) is 5.16 Å². The van der Waals surface area contributed by atoms with E-state index in [0.717, 1.165) is 6.42 Å². The summed E-state index contributed by atoms with van der Waals surface area (Å²) in [4.78, 5) is 0. The third-order valence-corrected chi connectivity index (χ3v) is 19.1. The van der Waals surface area contributed by atoms with Crippen molar-refractivity contribution in [3.63, 3.8) is 0 Å². The molecule has 124 valence electrons. The van der Waals surface area contributed by atoms with E-state index in [1.165, 1.54) is 21.5 Å². The maximum Gasteiger partial charge on any atom is 0.186 e. The third-order valence-electron chi connectivity index (χ3n) is 5.06. The minimum absolute atomic E-state index is 0.375. The fourth-order valence-corrected chi connectivity index (χ4v) is 20.4. The van der Waals surface area contributed by atoms with Crippen LogP contribution in [0.2, 0.25) is 18.3 Å². The van der Waals surface area contributed by atoms with Gasteiger partial charge in [-0.05, 0) is 29.4 Å². The first-order valence-corrected chi connectivity index (χ1v) is 15.4. The van der Waals surface area contributed by atoms with Crippen molar-refractivity contribution in [1.82, 2.24) is 0 Å². The second kappa shape index (κ2) is 7.14. The Labute approximate surface area is 152 Å². The Morgan fingerprint density at radius 3 is 1.43 bits per heavy atom. The Kier molecular flexibility index (Phi) is 5.83. The topological polar surface area (TPSA) is 0 Å². The van der Waals surface area contributed by atoms with Crippen LogP contribution in [0.5, 0.6) is 0 Å². The molecule has 0 saturated carbocycles. The molecule has 0 aromatic heterocycles. The number of benzene rings is 2. The summed E-state index contributed by atoms with van der Waals surface area (Å²) in [5, 5.41) is 3.04. The summed E-state index contributed by atoms with van der Waals surface area (Å²) in [5.41, 5.74) is 2.59. The predicted molar refractivity (Wildman–Crippen MR) is 111 cm³/mol. The molecular weight excluding hydrogens is 355 g/mol. The Balaban J connectivity index is 2.54. The van der Waals surface area contributed by atoms with Gasteiger partial charge >= 0.3 is 0 Å². The molecule has 0 amide bonds. The molecular formula is C19H26Cl2Si2. The molecule has 0 aliphatic rings. The standard InChI is InChI=1S/C19H26Cl2Si2/c1-6-19(22(4,20)17-13-9-7-11-15(17)2)23(5,21)18-14-10-8-12-16(18)3/h7-14,19H,6H2,1-5H3. The number of hydrogen-bond donors (Lipinski definition) is 0. The van der Waals surface area contributed by atoms with Gasteiger partial charge in [-0.3, -0.25) is 0 Å². The molecule has 23 heavy (non-hydrogen) atoms. The van der Waals surface area contributed by atoms with Crippen LogP contribution in [-0.4, -0.2) is 14.8 Å². The highest BCUT2D eigenvalue weighted by molar-refractivity contribution is 7.40. The van der Waals surface area contributed by atoms with Crippen LogP contribution in [0.15, 0.2) is 48.5 Å². The van der Waals surface area contributed by atoms with E-state index in [9.17, 15) is 0 Å². The molecule has 2 aromatic carbocycles. The van der Waals surface area contributed by atoms with Crippen LogP contribution in [0.4, 0.5) is 0 Å². The predicted octanol–water partition coefficient (Wildman–Crippen LogP) is 5.37. The lowest BCUT2D eigenvalue weighted by Gasteiger charge is -2.39. The van der Waals surface area contributed by atoms with E-state index in [1.807, 2.05) is 0 Å². The van der Waals surface area contributed by atoms with Gasteiger partial charge in [0.25, 0.3) is 0 Å². The lowest BCUT2D eigenvalue weighted by Crippen LogP contribution is -2.58. The monoisotopic (exact) mass is 380 g/mol. The average Bonchev–Trinajstić information content (AvgIpc) is 2.47. The first kappa shape index (κ1) is 18.8. The van der Waals surface area contributed by atoms with Gasteiger partial charge in [-0.1, -0.05) is 86.1 Å². The highest BCUT2D eigenvalue weighted by atomic mass is 35.6. The first-order valence-electron chi connectivity index (χ1n) is 8.23. The molecule has 0 nitrogen and oxygen atoms in total. The number of halogens is 2. The highest BCUT2D eigenvalue weighted by Gasteiger charge is 2.49. The van der Waals surface area contributed by atoms with Crippen molar-refractivity contribution in [3.05, 3.63) is 59.7 Å². The maximum absolute atomic E-state index is 7.31. The van der Waals surface area contributed by atoms with Crippen molar-refractivity contribution < 1.29 is 0 Å². The zero-order chi connectivity index (χ0) is 17.3. The molecule has 0 heterocycles. The summed E-state index contributed by atoms with van der Waals surface area (Å²) >= 11 is 14.6. The minimum atomic E-state index is -2.19. The summed E-state index contributed by atoms with van der Waals surface area (Å²) in [5.74, 6) is 0. The van der Waals surface area contributed by atoms with Crippen molar-refractivity contribution in [1.29, 1.82) is 0 Å². The molecule has 2 unspecified atom stereocenters. The van der Waals surface area contributed by atoms with Gasteiger partial charge in [0.05, 0.1) is 0 Å². The molecule has 2 atom stereocenters. The molecule has 0 bridgehead atoms. The Hall–Kier alpha value is -0.546. The zero-order valence-electron chi connectivity index (χ0n) is 14.7. The van der Waals surface area contributed by atoms with Gasteiger partial charge in [-0.2, -0.15) is 22.2 Å². The molecule has 0 fully saturated rings. The van der Waals surface area contributed by atoms with Gasteiger partial charge in [0, 0.05) is 0 Å². The van der Waals surface area contributed by atoms with Gasteiger partial charge in [0.1, 0.15) is 0 Å². The number of hydrogen-bond acceptors (Lipinski definition) is 0. The Bertz CT molecular complexity index is 623. The van der Waals surface area contributed by atoms with Crippen LogP contribution >= 0.6 is 22.2 Å². The van der Waals surface area contributed by atoms with E-state index >= 15 is 0 Å². The van der Waals surface area contributed by atoms with Crippen molar-refractivity contribution in [2.75, 3.05) is 0 Å². The molecule has 0 spiro atoms. The maximum atomic E-state index is 7.31. The lowest BCUT2D eigenvalue weighted by atomic mass is 10.2. The molecule has 0 N–H and O–H groups in total. The van der Waals surface area contributed by atoms with E-state index in [-0.39, 0.29) is 0 Å². The zero-order valence-corrected chi connectivity index (χ0v) is 18.2. The first-order chi connectivity index (χ1) is 10.7. The van der Waals surface area contributed by atoms with Crippen LogP contribution < -0.4 is 10.4 Å². The Morgan fingerprint density at radius 2 is 1.13 bits per heavy atom. The van der Waals surface area contributed by atoms with Crippen LogP contribution in [0.3, 0.4) is 0 Å². The van der Waals surface area contributed by atoms with Crippen molar-refractivity contribution in [2.45, 2.75) is 45.5 Å². The molecule has 0 aliphatic carbocycles. The summed E-state index contributed by atoms with van der Waals surface area (Å²) in [7, 11) is -4.39. The summed E-state index contributed by atoms with van der Waals surface area (Å²) in [6.07, 6.45) is 1.03. The van der Waals surface area contributed by atoms with E-state index in [2.05, 4.69) is 82.4 Å². The van der Waals surface area contributed by atoms with E-state index < -0.39 is 14.8 Å². The second-order valence-corrected chi connectivity index (χ2v) is 18.8. The number of rotatable bonds is 5. The van der Waals surface area contributed by atoms with Gasteiger partial charge in [0.2, 0.25) is 0 Å². The number of aryl methyl sites for hydroxylation is 2. The SMILES string of the molecule is CCC([Si](C)(Cl)c1ccccc1C)[Si](C)(Cl)c1ccccc1C. The smallest absolute Gasteiger partial charge is 0.161 e. The molecule has 0 aliphatic heterocycles. The molecule has 4 heteroatoms. The third kappa shape index (κ3) is 3.61. The van der Waals surface area contributed by atoms with Crippen molar-refractivity contribution in [2.24, 2.45) is 0 Å². The van der Waals surface area contributed by atoms with E-state index in [1.54, 1.807) is 0 Å². The fraction of sp³-hybridized carbons (Fsp3) is 0.368. The van der Waals surface area contributed by atoms with Crippen LogP contribution in [0.1, 0.15) is 24.5 Å². The van der Waals surface area contributed by atoms with E-state index in [4.69, 9.17) is 22.2 Å². The van der Waals surface area contributed by atoms with Crippen molar-refractivity contribution >= 4 is 47.3 Å². The van der Waals surface area contributed by atoms with Crippen LogP contribution in [-0.2, 0) is 0 Å². The Morgan fingerprint density at radius 1 is 0.783 bits per heavy atom. The van der Waals surface area contributed by atoms with Crippen LogP contribution in [0, 0.1) is 13.8 Å². The van der Waals surface area contributed by atoms with Gasteiger partial charge in [-0.25, -0.2) is 0 Å². The molecule has 2 aromatic rings. The highest BCUT2D eigenvalue weighted by Crippen LogP contribution is 2.40. The van der Waals surface area contributed by atoms with Gasteiger partial charge in [0.15, 0.2) is 14.8 Å². The summed E-state index contributed by atoms with van der Waals surface area (Å²) < 4.78 is 0. The average molecular weight is 381 g/mol. The molecule has 0 radical (unpaired) electrons. The molecule has 0 saturated heterocycles. The fourth-order valence-electron chi connectivity index (χ4n) is 3.89. The van der Waals surface area contributed by atoms with Gasteiger partial charge in [-0.15, -0.1) is 0 Å². The minimum Gasteiger partial charge on any atom is -0.161 e. The van der Waals surface area contributed by atoms with Gasteiger partial charge < -0.3 is 0 Å². The van der Waals surface area contributed by atoms with Crippen molar-refractivity contribution in [3.8, 4) is 0 Å².